The van der Waals surface area contributed by atoms with Crippen LogP contribution >= 0.6 is 0 Å². The molecule has 0 fully saturated rings. The quantitative estimate of drug-likeness (QED) is 0.786. The van der Waals surface area contributed by atoms with E-state index < -0.39 is 10.0 Å². The summed E-state index contributed by atoms with van der Waals surface area (Å²) >= 11 is 0. The van der Waals surface area contributed by atoms with Crippen LogP contribution in [0.4, 0.5) is 4.39 Å². The lowest BCUT2D eigenvalue weighted by Gasteiger charge is -2.31. The first-order chi connectivity index (χ1) is 11.4. The van der Waals surface area contributed by atoms with Crippen LogP contribution in [0.2, 0.25) is 0 Å². The lowest BCUT2D eigenvalue weighted by molar-refractivity contribution is 0.520. The third-order valence-corrected chi connectivity index (χ3v) is 5.74. The first kappa shape index (κ1) is 16.5. The van der Waals surface area contributed by atoms with Crippen LogP contribution in [-0.2, 0) is 10.0 Å². The van der Waals surface area contributed by atoms with Crippen molar-refractivity contribution >= 4 is 15.7 Å². The Bertz CT molecular complexity index is 897. The smallest absolute Gasteiger partial charge is 0.262 e. The van der Waals surface area contributed by atoms with Gasteiger partial charge in [0.15, 0.2) is 0 Å². The molecule has 2 aromatic carbocycles. The van der Waals surface area contributed by atoms with Crippen LogP contribution in [0.15, 0.2) is 71.7 Å². The third kappa shape index (κ3) is 3.12. The Labute approximate surface area is 141 Å². The summed E-state index contributed by atoms with van der Waals surface area (Å²) in [5, 5.41) is 0. The van der Waals surface area contributed by atoms with Gasteiger partial charge in [-0.1, -0.05) is 35.9 Å². The van der Waals surface area contributed by atoms with Crippen LogP contribution in [0, 0.1) is 12.7 Å². The van der Waals surface area contributed by atoms with Crippen LogP contribution in [0.5, 0.6) is 0 Å². The molecule has 3 rings (SSSR count). The number of nitrogens with zero attached hydrogens (tertiary/aromatic N) is 1. The van der Waals surface area contributed by atoms with Gasteiger partial charge in [0.2, 0.25) is 0 Å². The highest BCUT2D eigenvalue weighted by atomic mass is 32.2. The largest absolute Gasteiger partial charge is 0.264 e. The highest BCUT2D eigenvalue weighted by Crippen LogP contribution is 2.32. The molecule has 0 radical (unpaired) electrons. The molecule has 1 heterocycles. The van der Waals surface area contributed by atoms with Gasteiger partial charge in [-0.2, -0.15) is 0 Å². The predicted molar refractivity (Wildman–Crippen MR) is 93.2 cm³/mol. The van der Waals surface area contributed by atoms with Crippen molar-refractivity contribution < 1.29 is 12.8 Å². The number of rotatable bonds is 3. The Morgan fingerprint density at radius 3 is 2.29 bits per heavy atom. The molecule has 3 nitrogen and oxygen atoms in total. The molecule has 0 spiro atoms. The molecule has 0 atom stereocenters. The first-order valence-corrected chi connectivity index (χ1v) is 9.04. The number of aryl methyl sites for hydroxylation is 1. The minimum absolute atomic E-state index is 0.222. The highest BCUT2D eigenvalue weighted by molar-refractivity contribution is 7.89. The summed E-state index contributed by atoms with van der Waals surface area (Å²) in [6.07, 6.45) is 2.43. The summed E-state index contributed by atoms with van der Waals surface area (Å²) in [5.74, 6) is -0.354. The number of hydrogen-bond donors (Lipinski definition) is 0. The molecule has 24 heavy (non-hydrogen) atoms. The van der Waals surface area contributed by atoms with Crippen molar-refractivity contribution in [3.63, 3.8) is 0 Å². The van der Waals surface area contributed by atoms with E-state index in [9.17, 15) is 12.8 Å². The Balaban J connectivity index is 2.07. The van der Waals surface area contributed by atoms with Gasteiger partial charge in [-0.25, -0.2) is 12.8 Å². The van der Waals surface area contributed by atoms with Crippen molar-refractivity contribution in [3.8, 4) is 0 Å². The average Bonchev–Trinajstić information content (AvgIpc) is 2.56. The van der Waals surface area contributed by atoms with Gasteiger partial charge >= 0.3 is 0 Å². The summed E-state index contributed by atoms with van der Waals surface area (Å²) < 4.78 is 40.7. The van der Waals surface area contributed by atoms with E-state index in [4.69, 9.17) is 0 Å². The Morgan fingerprint density at radius 1 is 1.04 bits per heavy atom. The van der Waals surface area contributed by atoms with Crippen LogP contribution in [0.1, 0.15) is 17.5 Å². The van der Waals surface area contributed by atoms with Crippen LogP contribution in [0.3, 0.4) is 0 Å². The SMILES string of the molecule is C=C1CC=C(c2ccc(F)cc2)N(S(=O)(=O)c2ccc(C)cc2)C1. The van der Waals surface area contributed by atoms with E-state index in [1.807, 2.05) is 13.0 Å². The van der Waals surface area contributed by atoms with E-state index in [0.717, 1.165) is 11.1 Å². The topological polar surface area (TPSA) is 37.4 Å². The van der Waals surface area contributed by atoms with E-state index in [1.54, 1.807) is 36.4 Å². The number of benzene rings is 2. The minimum Gasteiger partial charge on any atom is -0.262 e. The molecule has 1 aliphatic rings. The van der Waals surface area contributed by atoms with Crippen molar-refractivity contribution in [2.75, 3.05) is 6.54 Å². The van der Waals surface area contributed by atoms with Gasteiger partial charge in [-0.05, 0) is 55.3 Å². The molecule has 0 bridgehead atoms. The van der Waals surface area contributed by atoms with Gasteiger partial charge in [0, 0.05) is 0 Å². The number of hydrogen-bond acceptors (Lipinski definition) is 2. The van der Waals surface area contributed by atoms with Gasteiger partial charge in [-0.15, -0.1) is 0 Å². The fraction of sp³-hybridized carbons (Fsp3) is 0.158. The zero-order chi connectivity index (χ0) is 17.3. The molecule has 0 saturated heterocycles. The fourth-order valence-corrected chi connectivity index (χ4v) is 4.16. The predicted octanol–water partition coefficient (Wildman–Crippen LogP) is 4.13. The molecule has 0 aromatic heterocycles. The Kier molecular flexibility index (Phi) is 4.28. The third-order valence-electron chi connectivity index (χ3n) is 3.97. The van der Waals surface area contributed by atoms with Crippen molar-refractivity contribution in [1.82, 2.24) is 4.31 Å². The van der Waals surface area contributed by atoms with Crippen molar-refractivity contribution in [1.29, 1.82) is 0 Å². The summed E-state index contributed by atoms with van der Waals surface area (Å²) in [7, 11) is -3.71. The van der Waals surface area contributed by atoms with E-state index in [0.29, 0.717) is 17.7 Å². The molecular weight excluding hydrogens is 325 g/mol. The summed E-state index contributed by atoms with van der Waals surface area (Å²) in [6.45, 7) is 6.04. The zero-order valence-electron chi connectivity index (χ0n) is 13.4. The van der Waals surface area contributed by atoms with Gasteiger partial charge in [0.1, 0.15) is 5.82 Å². The molecule has 0 aliphatic carbocycles. The second kappa shape index (κ2) is 6.24. The standard InChI is InChI=1S/C19H18FNO2S/c1-14-3-10-18(11-4-14)24(22,23)21-13-15(2)5-12-19(21)16-6-8-17(20)9-7-16/h3-4,6-12H,2,5,13H2,1H3. The number of allylic oxidation sites excluding steroid dienone is 1. The van der Waals surface area contributed by atoms with Gasteiger partial charge < -0.3 is 0 Å². The van der Waals surface area contributed by atoms with Gasteiger partial charge in [0.05, 0.1) is 17.1 Å². The maximum Gasteiger partial charge on any atom is 0.264 e. The van der Waals surface area contributed by atoms with Crippen LogP contribution in [-0.4, -0.2) is 19.3 Å². The van der Waals surface area contributed by atoms with E-state index in [2.05, 4.69) is 6.58 Å². The normalized spacial score (nSPS) is 15.3. The van der Waals surface area contributed by atoms with E-state index in [-0.39, 0.29) is 17.3 Å². The molecule has 2 aromatic rings. The zero-order valence-corrected chi connectivity index (χ0v) is 14.2. The van der Waals surface area contributed by atoms with Gasteiger partial charge in [-0.3, -0.25) is 4.31 Å². The molecule has 124 valence electrons. The van der Waals surface area contributed by atoms with Crippen molar-refractivity contribution in [2.24, 2.45) is 0 Å². The maximum atomic E-state index is 13.2. The second-order valence-electron chi connectivity index (χ2n) is 5.88. The highest BCUT2D eigenvalue weighted by Gasteiger charge is 2.29. The van der Waals surface area contributed by atoms with Crippen LogP contribution in [0.25, 0.3) is 5.70 Å². The molecule has 1 aliphatic heterocycles. The first-order valence-electron chi connectivity index (χ1n) is 7.60. The molecule has 0 saturated carbocycles. The minimum atomic E-state index is -3.71. The Hall–Kier alpha value is -2.40. The summed E-state index contributed by atoms with van der Waals surface area (Å²) in [6, 6.07) is 12.6. The van der Waals surface area contributed by atoms with Crippen molar-refractivity contribution in [3.05, 3.63) is 83.7 Å². The van der Waals surface area contributed by atoms with Crippen LogP contribution < -0.4 is 0 Å². The molecule has 0 N–H and O–H groups in total. The lowest BCUT2D eigenvalue weighted by Crippen LogP contribution is -2.33. The van der Waals surface area contributed by atoms with Gasteiger partial charge in [0.25, 0.3) is 10.0 Å². The fourth-order valence-electron chi connectivity index (χ4n) is 2.63. The number of sulfonamides is 1. The molecule has 0 amide bonds. The molecule has 5 heteroatoms. The second-order valence-corrected chi connectivity index (χ2v) is 7.74. The maximum absolute atomic E-state index is 13.2. The van der Waals surface area contributed by atoms with Crippen molar-refractivity contribution in [2.45, 2.75) is 18.2 Å². The van der Waals surface area contributed by atoms with E-state index >= 15 is 0 Å². The number of halogens is 1. The average molecular weight is 343 g/mol. The Morgan fingerprint density at radius 2 is 1.67 bits per heavy atom. The summed E-state index contributed by atoms with van der Waals surface area (Å²) in [4.78, 5) is 0.232. The molecular formula is C19H18FNO2S. The monoisotopic (exact) mass is 343 g/mol. The van der Waals surface area contributed by atoms with E-state index in [1.165, 1.54) is 16.4 Å². The molecule has 0 unspecified atom stereocenters. The lowest BCUT2D eigenvalue weighted by atomic mass is 10.0. The summed E-state index contributed by atoms with van der Waals surface area (Å²) in [5.41, 5.74) is 3.03.